The van der Waals surface area contributed by atoms with Gasteiger partial charge in [0, 0.05) is 5.56 Å². The van der Waals surface area contributed by atoms with Crippen molar-refractivity contribution in [1.82, 2.24) is 9.97 Å². The Balaban J connectivity index is 1.68. The summed E-state index contributed by atoms with van der Waals surface area (Å²) in [5.74, 6) is 5.89. The Morgan fingerprint density at radius 1 is 0.967 bits per heavy atom. The molecule has 150 valence electrons. The Morgan fingerprint density at radius 2 is 1.77 bits per heavy atom. The predicted octanol–water partition coefficient (Wildman–Crippen LogP) is 5.70. The van der Waals surface area contributed by atoms with Crippen LogP contribution < -0.4 is 0 Å². The SMILES string of the molecule is CC(O)c1ccccc1-c1ccc2nc(C#Cc3cccc(C(F)(F)F)c3)[nH]c2c1. The summed E-state index contributed by atoms with van der Waals surface area (Å²) in [6.45, 7) is 1.72. The van der Waals surface area contributed by atoms with Crippen LogP contribution in [0.3, 0.4) is 0 Å². The number of aromatic amines is 1. The predicted molar refractivity (Wildman–Crippen MR) is 110 cm³/mol. The van der Waals surface area contributed by atoms with E-state index in [9.17, 15) is 18.3 Å². The van der Waals surface area contributed by atoms with E-state index in [1.54, 1.807) is 6.92 Å². The fourth-order valence-corrected chi connectivity index (χ4v) is 3.27. The van der Waals surface area contributed by atoms with Gasteiger partial charge >= 0.3 is 6.18 Å². The van der Waals surface area contributed by atoms with E-state index in [-0.39, 0.29) is 5.56 Å². The van der Waals surface area contributed by atoms with Crippen molar-refractivity contribution >= 4 is 11.0 Å². The minimum atomic E-state index is -4.41. The molecule has 0 amide bonds. The molecule has 3 aromatic carbocycles. The number of aromatic nitrogens is 2. The van der Waals surface area contributed by atoms with Crippen molar-refractivity contribution < 1.29 is 18.3 Å². The normalized spacial score (nSPS) is 12.4. The number of rotatable bonds is 2. The number of benzene rings is 3. The van der Waals surface area contributed by atoms with Crippen molar-refractivity contribution in [1.29, 1.82) is 0 Å². The van der Waals surface area contributed by atoms with E-state index in [0.29, 0.717) is 11.3 Å². The van der Waals surface area contributed by atoms with E-state index >= 15 is 0 Å². The number of hydrogen-bond acceptors (Lipinski definition) is 2. The maximum atomic E-state index is 12.8. The van der Waals surface area contributed by atoms with Crippen LogP contribution in [-0.2, 0) is 6.18 Å². The van der Waals surface area contributed by atoms with Crippen molar-refractivity contribution in [3.63, 3.8) is 0 Å². The summed E-state index contributed by atoms with van der Waals surface area (Å²) < 4.78 is 38.5. The molecule has 0 aliphatic heterocycles. The van der Waals surface area contributed by atoms with Crippen LogP contribution in [0.4, 0.5) is 13.2 Å². The smallest absolute Gasteiger partial charge is 0.389 e. The van der Waals surface area contributed by atoms with Gasteiger partial charge in [0.25, 0.3) is 0 Å². The van der Waals surface area contributed by atoms with Crippen LogP contribution in [0.5, 0.6) is 0 Å². The fourth-order valence-electron chi connectivity index (χ4n) is 3.27. The fraction of sp³-hybridized carbons (Fsp3) is 0.125. The van der Waals surface area contributed by atoms with Crippen LogP contribution in [0.15, 0.2) is 66.7 Å². The minimum absolute atomic E-state index is 0.261. The molecule has 4 aromatic rings. The first-order valence-electron chi connectivity index (χ1n) is 9.28. The molecule has 6 heteroatoms. The van der Waals surface area contributed by atoms with Crippen molar-refractivity contribution in [2.45, 2.75) is 19.2 Å². The lowest BCUT2D eigenvalue weighted by molar-refractivity contribution is -0.137. The number of nitrogens with one attached hydrogen (secondary N) is 1. The summed E-state index contributed by atoms with van der Waals surface area (Å²) in [5, 5.41) is 10.0. The third kappa shape index (κ3) is 4.07. The van der Waals surface area contributed by atoms with Gasteiger partial charge in [-0.3, -0.25) is 0 Å². The van der Waals surface area contributed by atoms with Gasteiger partial charge in [-0.15, -0.1) is 0 Å². The molecular weight excluding hydrogens is 389 g/mol. The van der Waals surface area contributed by atoms with Gasteiger partial charge in [-0.25, -0.2) is 4.98 Å². The lowest BCUT2D eigenvalue weighted by Gasteiger charge is -2.11. The lowest BCUT2D eigenvalue weighted by Crippen LogP contribution is -2.04. The number of halogens is 3. The number of alkyl halides is 3. The average Bonchev–Trinajstić information content (AvgIpc) is 3.14. The zero-order valence-electron chi connectivity index (χ0n) is 16.0. The van der Waals surface area contributed by atoms with Crippen LogP contribution in [0.25, 0.3) is 22.2 Å². The van der Waals surface area contributed by atoms with Crippen molar-refractivity contribution in [2.24, 2.45) is 0 Å². The number of H-pyrrole nitrogens is 1. The average molecular weight is 406 g/mol. The molecular formula is C24H17F3N2O. The van der Waals surface area contributed by atoms with Crippen LogP contribution in [0.1, 0.15) is 35.5 Å². The number of fused-ring (bicyclic) bond motifs is 1. The van der Waals surface area contributed by atoms with E-state index in [2.05, 4.69) is 21.8 Å². The molecule has 1 heterocycles. The van der Waals surface area contributed by atoms with Crippen molar-refractivity contribution in [3.05, 3.63) is 89.2 Å². The second kappa shape index (κ2) is 7.69. The Hall–Kier alpha value is -3.56. The molecule has 0 radical (unpaired) electrons. The first-order chi connectivity index (χ1) is 14.3. The van der Waals surface area contributed by atoms with Crippen LogP contribution in [0.2, 0.25) is 0 Å². The third-order valence-electron chi connectivity index (χ3n) is 4.72. The summed E-state index contributed by atoms with van der Waals surface area (Å²) in [7, 11) is 0. The van der Waals surface area contributed by atoms with E-state index in [0.717, 1.165) is 34.3 Å². The number of nitrogens with zero attached hydrogens (tertiary/aromatic N) is 1. The third-order valence-corrected chi connectivity index (χ3v) is 4.72. The van der Waals surface area contributed by atoms with Gasteiger partial charge in [0.15, 0.2) is 5.82 Å². The molecule has 0 aliphatic carbocycles. The van der Waals surface area contributed by atoms with E-state index in [1.165, 1.54) is 12.1 Å². The summed E-state index contributed by atoms with van der Waals surface area (Å²) in [4.78, 5) is 7.49. The van der Waals surface area contributed by atoms with Crippen LogP contribution >= 0.6 is 0 Å². The lowest BCUT2D eigenvalue weighted by atomic mass is 9.96. The van der Waals surface area contributed by atoms with Gasteiger partial charge in [-0.05, 0) is 59.9 Å². The highest BCUT2D eigenvalue weighted by atomic mass is 19.4. The maximum absolute atomic E-state index is 12.8. The molecule has 0 saturated heterocycles. The summed E-state index contributed by atoms with van der Waals surface area (Å²) in [5.41, 5.74) is 3.63. The van der Waals surface area contributed by atoms with E-state index in [4.69, 9.17) is 0 Å². The molecule has 1 aromatic heterocycles. The van der Waals surface area contributed by atoms with Crippen molar-refractivity contribution in [3.8, 4) is 23.0 Å². The number of aliphatic hydroxyl groups excluding tert-OH is 1. The monoisotopic (exact) mass is 406 g/mol. The molecule has 2 N–H and O–H groups in total. The number of aliphatic hydroxyl groups is 1. The largest absolute Gasteiger partial charge is 0.416 e. The molecule has 0 aliphatic rings. The van der Waals surface area contributed by atoms with Crippen molar-refractivity contribution in [2.75, 3.05) is 0 Å². The number of imidazole rings is 1. The van der Waals surface area contributed by atoms with Crippen LogP contribution in [0, 0.1) is 11.8 Å². The van der Waals surface area contributed by atoms with Gasteiger partial charge in [0.05, 0.1) is 22.7 Å². The van der Waals surface area contributed by atoms with Crippen LogP contribution in [-0.4, -0.2) is 15.1 Å². The van der Waals surface area contributed by atoms with E-state index < -0.39 is 17.8 Å². The molecule has 1 atom stereocenters. The summed E-state index contributed by atoms with van der Waals surface area (Å²) in [6.07, 6.45) is -5.01. The van der Waals surface area contributed by atoms with Gasteiger partial charge in [-0.2, -0.15) is 13.2 Å². The standard InChI is InChI=1S/C24H17F3N2O/c1-15(30)19-7-2-3-8-20(19)17-10-11-21-22(14-17)29-23(28-21)12-9-16-5-4-6-18(13-16)24(25,26)27/h2-8,10-11,13-15,30H,1H3,(H,28,29). The van der Waals surface area contributed by atoms with Gasteiger partial charge in [-0.1, -0.05) is 42.3 Å². The molecule has 0 spiro atoms. The van der Waals surface area contributed by atoms with Gasteiger partial charge in [0.1, 0.15) is 0 Å². The minimum Gasteiger partial charge on any atom is -0.389 e. The Labute approximate surface area is 171 Å². The topological polar surface area (TPSA) is 48.9 Å². The number of hydrogen-bond donors (Lipinski definition) is 2. The Bertz CT molecular complexity index is 1280. The zero-order chi connectivity index (χ0) is 21.3. The van der Waals surface area contributed by atoms with Gasteiger partial charge < -0.3 is 10.1 Å². The highest BCUT2D eigenvalue weighted by molar-refractivity contribution is 5.83. The molecule has 0 fully saturated rings. The Morgan fingerprint density at radius 3 is 2.53 bits per heavy atom. The summed E-state index contributed by atoms with van der Waals surface area (Å²) in [6, 6.07) is 18.2. The first kappa shape index (κ1) is 19.7. The molecule has 0 saturated carbocycles. The second-order valence-corrected chi connectivity index (χ2v) is 6.91. The molecule has 30 heavy (non-hydrogen) atoms. The molecule has 0 bridgehead atoms. The molecule has 3 nitrogen and oxygen atoms in total. The molecule has 1 unspecified atom stereocenters. The zero-order valence-corrected chi connectivity index (χ0v) is 16.0. The van der Waals surface area contributed by atoms with Gasteiger partial charge in [0.2, 0.25) is 0 Å². The highest BCUT2D eigenvalue weighted by Gasteiger charge is 2.30. The maximum Gasteiger partial charge on any atom is 0.416 e. The highest BCUT2D eigenvalue weighted by Crippen LogP contribution is 2.30. The summed E-state index contributed by atoms with van der Waals surface area (Å²) >= 11 is 0. The Kier molecular flexibility index (Phi) is 5.06. The molecule has 4 rings (SSSR count). The second-order valence-electron chi connectivity index (χ2n) is 6.91. The quantitative estimate of drug-likeness (QED) is 0.420. The van der Waals surface area contributed by atoms with E-state index in [1.807, 2.05) is 42.5 Å². The first-order valence-corrected chi connectivity index (χ1v) is 9.28.